The van der Waals surface area contributed by atoms with Crippen molar-refractivity contribution in [3.8, 4) is 0 Å². The van der Waals surface area contributed by atoms with Gasteiger partial charge in [0.25, 0.3) is 0 Å². The summed E-state index contributed by atoms with van der Waals surface area (Å²) in [5.41, 5.74) is 6.15. The summed E-state index contributed by atoms with van der Waals surface area (Å²) in [6.07, 6.45) is 6.78. The molecule has 3 atom stereocenters. The smallest absolute Gasteiger partial charge is 0.241 e. The standard InChI is InChI=1S/C13H22N4O/c1-9-4-3-5-12(10(9)2)16-13(18)8-17-7-11(14)6-15-17/h6-7,9-10,12H,3-5,8,14H2,1-2H3,(H,16,18). The highest BCUT2D eigenvalue weighted by molar-refractivity contribution is 5.76. The number of nitrogen functional groups attached to an aromatic ring is 1. The van der Waals surface area contributed by atoms with Gasteiger partial charge in [-0.2, -0.15) is 5.10 Å². The van der Waals surface area contributed by atoms with Crippen molar-refractivity contribution in [2.75, 3.05) is 5.73 Å². The number of rotatable bonds is 3. The van der Waals surface area contributed by atoms with Crippen molar-refractivity contribution in [2.24, 2.45) is 11.8 Å². The maximum absolute atomic E-state index is 11.9. The molecular weight excluding hydrogens is 228 g/mol. The second kappa shape index (κ2) is 5.42. The molecular formula is C13H22N4O. The number of aromatic nitrogens is 2. The molecule has 1 heterocycles. The fraction of sp³-hybridized carbons (Fsp3) is 0.692. The third-order valence-corrected chi connectivity index (χ3v) is 4.01. The van der Waals surface area contributed by atoms with Gasteiger partial charge in [-0.15, -0.1) is 0 Å². The van der Waals surface area contributed by atoms with Gasteiger partial charge in [0.05, 0.1) is 11.9 Å². The molecule has 3 N–H and O–H groups in total. The average Bonchev–Trinajstić information content (AvgIpc) is 2.70. The lowest BCUT2D eigenvalue weighted by atomic mass is 9.78. The third-order valence-electron chi connectivity index (χ3n) is 4.01. The van der Waals surface area contributed by atoms with Crippen molar-refractivity contribution in [3.05, 3.63) is 12.4 Å². The van der Waals surface area contributed by atoms with E-state index in [4.69, 9.17) is 5.73 Å². The number of nitrogens with two attached hydrogens (primary N) is 1. The first kappa shape index (κ1) is 12.9. The van der Waals surface area contributed by atoms with E-state index < -0.39 is 0 Å². The number of hydrogen-bond acceptors (Lipinski definition) is 3. The molecule has 1 aliphatic rings. The summed E-state index contributed by atoms with van der Waals surface area (Å²) in [4.78, 5) is 11.9. The molecule has 1 amide bonds. The average molecular weight is 250 g/mol. The Morgan fingerprint density at radius 2 is 2.33 bits per heavy atom. The van der Waals surface area contributed by atoms with E-state index in [1.54, 1.807) is 17.1 Å². The molecule has 0 bridgehead atoms. The van der Waals surface area contributed by atoms with Crippen LogP contribution in [0.2, 0.25) is 0 Å². The molecule has 1 aromatic heterocycles. The van der Waals surface area contributed by atoms with E-state index in [0.717, 1.165) is 6.42 Å². The summed E-state index contributed by atoms with van der Waals surface area (Å²) < 4.78 is 1.57. The zero-order chi connectivity index (χ0) is 13.1. The van der Waals surface area contributed by atoms with Gasteiger partial charge in [-0.05, 0) is 18.3 Å². The van der Waals surface area contributed by atoms with Crippen LogP contribution in [0.15, 0.2) is 12.4 Å². The molecule has 100 valence electrons. The first-order valence-electron chi connectivity index (χ1n) is 6.63. The van der Waals surface area contributed by atoms with Crippen molar-refractivity contribution < 1.29 is 4.79 Å². The first-order valence-corrected chi connectivity index (χ1v) is 6.63. The van der Waals surface area contributed by atoms with Crippen molar-refractivity contribution in [2.45, 2.75) is 45.7 Å². The van der Waals surface area contributed by atoms with E-state index in [2.05, 4.69) is 24.3 Å². The summed E-state index contributed by atoms with van der Waals surface area (Å²) >= 11 is 0. The zero-order valence-corrected chi connectivity index (χ0v) is 11.1. The Labute approximate surface area is 108 Å². The molecule has 3 unspecified atom stereocenters. The SMILES string of the molecule is CC1CCCC(NC(=O)Cn2cc(N)cn2)C1C. The predicted octanol–water partition coefficient (Wildman–Crippen LogP) is 1.41. The molecule has 1 aromatic rings. The Balaban J connectivity index is 1.87. The van der Waals surface area contributed by atoms with Crippen LogP contribution in [0.1, 0.15) is 33.1 Å². The number of nitrogens with one attached hydrogen (secondary N) is 1. The number of hydrogen-bond donors (Lipinski definition) is 2. The van der Waals surface area contributed by atoms with Crippen molar-refractivity contribution in [3.63, 3.8) is 0 Å². The fourth-order valence-electron chi connectivity index (χ4n) is 2.65. The third kappa shape index (κ3) is 3.03. The summed E-state index contributed by atoms with van der Waals surface area (Å²) in [7, 11) is 0. The zero-order valence-electron chi connectivity index (χ0n) is 11.1. The Kier molecular flexibility index (Phi) is 3.89. The molecule has 0 aromatic carbocycles. The molecule has 1 saturated carbocycles. The normalized spacial score (nSPS) is 28.0. The Morgan fingerprint density at radius 1 is 1.56 bits per heavy atom. The van der Waals surface area contributed by atoms with Crippen molar-refractivity contribution in [1.29, 1.82) is 0 Å². The largest absolute Gasteiger partial charge is 0.396 e. The van der Waals surface area contributed by atoms with Gasteiger partial charge in [0.1, 0.15) is 6.54 Å². The number of carbonyl (C=O) groups excluding carboxylic acids is 1. The topological polar surface area (TPSA) is 72.9 Å². The molecule has 0 saturated heterocycles. The lowest BCUT2D eigenvalue weighted by molar-refractivity contribution is -0.123. The van der Waals surface area contributed by atoms with Crippen molar-refractivity contribution in [1.82, 2.24) is 15.1 Å². The summed E-state index contributed by atoms with van der Waals surface area (Å²) in [5, 5.41) is 7.13. The minimum atomic E-state index is 0.0176. The number of carbonyl (C=O) groups is 1. The Morgan fingerprint density at radius 3 is 3.00 bits per heavy atom. The maximum atomic E-state index is 11.9. The van der Waals surface area contributed by atoms with E-state index >= 15 is 0 Å². The van der Waals surface area contributed by atoms with Crippen LogP contribution in [-0.4, -0.2) is 21.7 Å². The minimum Gasteiger partial charge on any atom is -0.396 e. The predicted molar refractivity (Wildman–Crippen MR) is 70.7 cm³/mol. The monoisotopic (exact) mass is 250 g/mol. The second-order valence-electron chi connectivity index (χ2n) is 5.41. The van der Waals surface area contributed by atoms with Gasteiger partial charge in [-0.1, -0.05) is 26.7 Å². The van der Waals surface area contributed by atoms with Crippen LogP contribution < -0.4 is 11.1 Å². The number of anilines is 1. The maximum Gasteiger partial charge on any atom is 0.241 e. The second-order valence-corrected chi connectivity index (χ2v) is 5.41. The lowest BCUT2D eigenvalue weighted by Crippen LogP contribution is -2.44. The van der Waals surface area contributed by atoms with Gasteiger partial charge in [-0.25, -0.2) is 0 Å². The molecule has 5 heteroatoms. The quantitative estimate of drug-likeness (QED) is 0.851. The Bertz CT molecular complexity index is 415. The van der Waals surface area contributed by atoms with E-state index in [9.17, 15) is 4.79 Å². The number of amides is 1. The van der Waals surface area contributed by atoms with Crippen LogP contribution in [0.4, 0.5) is 5.69 Å². The highest BCUT2D eigenvalue weighted by Crippen LogP contribution is 2.29. The molecule has 0 radical (unpaired) electrons. The molecule has 1 fully saturated rings. The molecule has 1 aliphatic carbocycles. The highest BCUT2D eigenvalue weighted by atomic mass is 16.2. The van der Waals surface area contributed by atoms with Crippen LogP contribution in [0, 0.1) is 11.8 Å². The number of nitrogens with zero attached hydrogens (tertiary/aromatic N) is 2. The van der Waals surface area contributed by atoms with Gasteiger partial charge in [0, 0.05) is 12.2 Å². The molecule has 2 rings (SSSR count). The van der Waals surface area contributed by atoms with E-state index in [1.807, 2.05) is 0 Å². The van der Waals surface area contributed by atoms with Crippen LogP contribution in [-0.2, 0) is 11.3 Å². The molecule has 18 heavy (non-hydrogen) atoms. The minimum absolute atomic E-state index is 0.0176. The highest BCUT2D eigenvalue weighted by Gasteiger charge is 2.28. The molecule has 0 spiro atoms. The fourth-order valence-corrected chi connectivity index (χ4v) is 2.65. The van der Waals surface area contributed by atoms with Crippen LogP contribution in [0.5, 0.6) is 0 Å². The first-order chi connectivity index (χ1) is 8.56. The van der Waals surface area contributed by atoms with E-state index in [0.29, 0.717) is 23.6 Å². The van der Waals surface area contributed by atoms with E-state index in [1.165, 1.54) is 12.8 Å². The molecule has 5 nitrogen and oxygen atoms in total. The van der Waals surface area contributed by atoms with Crippen molar-refractivity contribution >= 4 is 11.6 Å². The van der Waals surface area contributed by atoms with Gasteiger partial charge in [-0.3, -0.25) is 9.48 Å². The lowest BCUT2D eigenvalue weighted by Gasteiger charge is -2.34. The summed E-state index contributed by atoms with van der Waals surface area (Å²) in [5.74, 6) is 1.25. The van der Waals surface area contributed by atoms with Crippen LogP contribution in [0.25, 0.3) is 0 Å². The van der Waals surface area contributed by atoms with Crippen LogP contribution in [0.3, 0.4) is 0 Å². The summed E-state index contributed by atoms with van der Waals surface area (Å²) in [6, 6.07) is 0.300. The van der Waals surface area contributed by atoms with Crippen LogP contribution >= 0.6 is 0 Å². The van der Waals surface area contributed by atoms with Gasteiger partial charge < -0.3 is 11.1 Å². The molecule has 0 aliphatic heterocycles. The van der Waals surface area contributed by atoms with E-state index in [-0.39, 0.29) is 12.5 Å². The van der Waals surface area contributed by atoms with Gasteiger partial charge >= 0.3 is 0 Å². The Hall–Kier alpha value is -1.52. The van der Waals surface area contributed by atoms with Gasteiger partial charge in [0.2, 0.25) is 5.91 Å². The van der Waals surface area contributed by atoms with Gasteiger partial charge in [0.15, 0.2) is 0 Å². The summed E-state index contributed by atoms with van der Waals surface area (Å²) in [6.45, 7) is 4.73.